The molecule has 39 heavy (non-hydrogen) atoms. The largest absolute Gasteiger partial charge is 0.355 e. The topological polar surface area (TPSA) is 86.8 Å². The van der Waals surface area contributed by atoms with Crippen LogP contribution in [0, 0.1) is 12.7 Å². The molecule has 0 radical (unpaired) electrons. The van der Waals surface area contributed by atoms with Gasteiger partial charge in [-0.05, 0) is 68.3 Å². The van der Waals surface area contributed by atoms with E-state index < -0.39 is 34.3 Å². The molecule has 0 fully saturated rings. The zero-order valence-corrected chi connectivity index (χ0v) is 24.2. The molecule has 1 unspecified atom stereocenters. The van der Waals surface area contributed by atoms with E-state index in [0.29, 0.717) is 12.1 Å². The van der Waals surface area contributed by atoms with Crippen LogP contribution < -0.4 is 9.62 Å². The first-order valence-corrected chi connectivity index (χ1v) is 14.5. The number of sulfonamides is 1. The number of hydrogen-bond acceptors (Lipinski definition) is 4. The number of halogens is 3. The maximum Gasteiger partial charge on any atom is 0.264 e. The third kappa shape index (κ3) is 7.50. The van der Waals surface area contributed by atoms with Crippen molar-refractivity contribution >= 4 is 50.7 Å². The first kappa shape index (κ1) is 30.4. The molecule has 1 atom stereocenters. The molecule has 208 valence electrons. The summed E-state index contributed by atoms with van der Waals surface area (Å²) in [6.07, 6.45) is 0.265. The van der Waals surface area contributed by atoms with Crippen molar-refractivity contribution in [2.75, 3.05) is 17.4 Å². The number of hydrogen-bond donors (Lipinski definition) is 1. The van der Waals surface area contributed by atoms with Gasteiger partial charge in [0.15, 0.2) is 0 Å². The normalized spacial score (nSPS) is 12.1. The Morgan fingerprint density at radius 3 is 2.21 bits per heavy atom. The van der Waals surface area contributed by atoms with Crippen molar-refractivity contribution in [3.8, 4) is 0 Å². The van der Waals surface area contributed by atoms with Gasteiger partial charge in [0.25, 0.3) is 10.0 Å². The van der Waals surface area contributed by atoms with E-state index in [1.54, 1.807) is 26.0 Å². The number of carbonyl (C=O) groups excluding carboxylic acids is 2. The van der Waals surface area contributed by atoms with Gasteiger partial charge in [0.1, 0.15) is 18.4 Å². The third-order valence-corrected chi connectivity index (χ3v) is 8.40. The molecule has 3 aromatic rings. The van der Waals surface area contributed by atoms with Crippen LogP contribution in [0.3, 0.4) is 0 Å². The van der Waals surface area contributed by atoms with Gasteiger partial charge in [0.2, 0.25) is 11.8 Å². The lowest BCUT2D eigenvalue weighted by atomic mass is 10.1. The smallest absolute Gasteiger partial charge is 0.264 e. The second kappa shape index (κ2) is 13.3. The van der Waals surface area contributed by atoms with Crippen LogP contribution in [0.5, 0.6) is 0 Å². The SMILES string of the molecule is CCNC(=O)C(CC)N(Cc1ccc(F)cc1)C(=O)CN(c1cc(Cl)ccc1Cl)S(=O)(=O)c1ccc(C)cc1. The van der Waals surface area contributed by atoms with E-state index in [-0.39, 0.29) is 39.5 Å². The molecule has 0 aliphatic heterocycles. The van der Waals surface area contributed by atoms with Crippen LogP contribution in [0.4, 0.5) is 10.1 Å². The number of carbonyl (C=O) groups is 2. The summed E-state index contributed by atoms with van der Waals surface area (Å²) in [7, 11) is -4.29. The lowest BCUT2D eigenvalue weighted by Crippen LogP contribution is -2.52. The second-order valence-corrected chi connectivity index (χ2v) is 11.6. The average molecular weight is 595 g/mol. The molecular formula is C28H30Cl2FN3O4S. The van der Waals surface area contributed by atoms with Crippen molar-refractivity contribution < 1.29 is 22.4 Å². The molecule has 0 aliphatic carbocycles. The van der Waals surface area contributed by atoms with Gasteiger partial charge in [0, 0.05) is 18.1 Å². The van der Waals surface area contributed by atoms with Crippen LogP contribution in [-0.2, 0) is 26.2 Å². The maximum absolute atomic E-state index is 13.9. The second-order valence-electron chi connectivity index (χ2n) is 8.89. The number of anilines is 1. The van der Waals surface area contributed by atoms with E-state index in [9.17, 15) is 22.4 Å². The highest BCUT2D eigenvalue weighted by Crippen LogP contribution is 2.33. The summed E-state index contributed by atoms with van der Waals surface area (Å²) in [4.78, 5) is 28.1. The molecule has 0 aliphatic rings. The molecule has 7 nitrogen and oxygen atoms in total. The third-order valence-electron chi connectivity index (χ3n) is 6.07. The first-order valence-electron chi connectivity index (χ1n) is 12.3. The maximum atomic E-state index is 13.9. The summed E-state index contributed by atoms with van der Waals surface area (Å²) in [5.74, 6) is -1.48. The average Bonchev–Trinajstić information content (AvgIpc) is 2.90. The zero-order valence-electron chi connectivity index (χ0n) is 21.8. The summed E-state index contributed by atoms with van der Waals surface area (Å²) >= 11 is 12.6. The minimum absolute atomic E-state index is 0.0193. The first-order chi connectivity index (χ1) is 18.5. The quantitative estimate of drug-likeness (QED) is 0.314. The fraction of sp³-hybridized carbons (Fsp3) is 0.286. The Hall–Kier alpha value is -3.14. The van der Waals surface area contributed by atoms with Crippen LogP contribution in [0.15, 0.2) is 71.6 Å². The minimum Gasteiger partial charge on any atom is -0.355 e. The van der Waals surface area contributed by atoms with Gasteiger partial charge in [-0.25, -0.2) is 12.8 Å². The highest BCUT2D eigenvalue weighted by Gasteiger charge is 2.34. The van der Waals surface area contributed by atoms with Crippen molar-refractivity contribution in [3.63, 3.8) is 0 Å². The Morgan fingerprint density at radius 2 is 1.62 bits per heavy atom. The lowest BCUT2D eigenvalue weighted by molar-refractivity contribution is -0.140. The van der Waals surface area contributed by atoms with Gasteiger partial charge in [-0.15, -0.1) is 0 Å². The molecule has 0 heterocycles. The van der Waals surface area contributed by atoms with Gasteiger partial charge in [-0.2, -0.15) is 0 Å². The minimum atomic E-state index is -4.29. The summed E-state index contributed by atoms with van der Waals surface area (Å²) in [5, 5.41) is 3.02. The van der Waals surface area contributed by atoms with E-state index in [0.717, 1.165) is 9.87 Å². The molecule has 3 rings (SSSR count). The Balaban J connectivity index is 2.10. The van der Waals surface area contributed by atoms with E-state index in [2.05, 4.69) is 5.32 Å². The van der Waals surface area contributed by atoms with Gasteiger partial charge in [0.05, 0.1) is 15.6 Å². The fourth-order valence-electron chi connectivity index (χ4n) is 4.03. The van der Waals surface area contributed by atoms with Crippen LogP contribution in [-0.4, -0.2) is 44.3 Å². The molecule has 1 N–H and O–H groups in total. The number of likely N-dealkylation sites (N-methyl/N-ethyl adjacent to an activating group) is 1. The monoisotopic (exact) mass is 593 g/mol. The van der Waals surface area contributed by atoms with E-state index in [1.165, 1.54) is 59.5 Å². The summed E-state index contributed by atoms with van der Waals surface area (Å²) in [5.41, 5.74) is 1.45. The number of benzene rings is 3. The van der Waals surface area contributed by atoms with Gasteiger partial charge in [-0.3, -0.25) is 13.9 Å². The van der Waals surface area contributed by atoms with E-state index in [1.807, 2.05) is 6.92 Å². The number of amides is 2. The molecule has 0 aromatic heterocycles. The molecule has 2 amide bonds. The summed E-state index contributed by atoms with van der Waals surface area (Å²) in [6.45, 7) is 4.97. The standard InChI is InChI=1S/C28H30Cl2FN3O4S/c1-4-25(28(36)32-5-2)33(17-20-8-11-22(31)12-9-20)27(35)18-34(26-16-21(29)10-15-24(26)30)39(37,38)23-13-6-19(3)7-14-23/h6-16,25H,4-5,17-18H2,1-3H3,(H,32,36). The number of aryl methyl sites for hydroxylation is 1. The zero-order chi connectivity index (χ0) is 28.7. The highest BCUT2D eigenvalue weighted by molar-refractivity contribution is 7.92. The number of rotatable bonds is 11. The van der Waals surface area contributed by atoms with Crippen LogP contribution in [0.2, 0.25) is 10.0 Å². The van der Waals surface area contributed by atoms with Crippen molar-refractivity contribution in [1.29, 1.82) is 0 Å². The number of nitrogens with one attached hydrogen (secondary N) is 1. The number of nitrogens with zero attached hydrogens (tertiary/aromatic N) is 2. The predicted octanol–water partition coefficient (Wildman–Crippen LogP) is 5.58. The van der Waals surface area contributed by atoms with Crippen LogP contribution in [0.1, 0.15) is 31.4 Å². The Kier molecular flexibility index (Phi) is 10.4. The fourth-order valence-corrected chi connectivity index (χ4v) is 5.89. The lowest BCUT2D eigenvalue weighted by Gasteiger charge is -2.33. The Labute approximate surface area is 238 Å². The van der Waals surface area contributed by atoms with Gasteiger partial charge < -0.3 is 10.2 Å². The Morgan fingerprint density at radius 1 is 0.974 bits per heavy atom. The predicted molar refractivity (Wildman–Crippen MR) is 152 cm³/mol. The summed E-state index contributed by atoms with van der Waals surface area (Å²) in [6, 6.07) is 15.1. The van der Waals surface area contributed by atoms with E-state index >= 15 is 0 Å². The molecular weight excluding hydrogens is 564 g/mol. The van der Waals surface area contributed by atoms with Crippen LogP contribution in [0.25, 0.3) is 0 Å². The van der Waals surface area contributed by atoms with Crippen molar-refractivity contribution in [1.82, 2.24) is 10.2 Å². The van der Waals surface area contributed by atoms with Crippen molar-refractivity contribution in [2.45, 2.75) is 44.7 Å². The van der Waals surface area contributed by atoms with Gasteiger partial charge >= 0.3 is 0 Å². The molecule has 11 heteroatoms. The molecule has 0 saturated heterocycles. The molecule has 0 saturated carbocycles. The highest BCUT2D eigenvalue weighted by atomic mass is 35.5. The van der Waals surface area contributed by atoms with Gasteiger partial charge in [-0.1, -0.05) is 60.0 Å². The molecule has 3 aromatic carbocycles. The summed E-state index contributed by atoms with van der Waals surface area (Å²) < 4.78 is 42.2. The van der Waals surface area contributed by atoms with Crippen molar-refractivity contribution in [3.05, 3.63) is 93.7 Å². The van der Waals surface area contributed by atoms with Crippen molar-refractivity contribution in [2.24, 2.45) is 0 Å². The molecule has 0 bridgehead atoms. The van der Waals surface area contributed by atoms with Crippen LogP contribution >= 0.6 is 23.2 Å². The molecule has 0 spiro atoms. The Bertz CT molecular complexity index is 1420. The van der Waals surface area contributed by atoms with E-state index in [4.69, 9.17) is 23.2 Å².